The number of rotatable bonds is 2. The van der Waals surface area contributed by atoms with Gasteiger partial charge in [0.15, 0.2) is 23.0 Å². The molecule has 1 atom stereocenters. The second-order valence-electron chi connectivity index (χ2n) is 10.2. The van der Waals surface area contributed by atoms with E-state index in [1.54, 1.807) is 27.9 Å². The van der Waals surface area contributed by atoms with Crippen LogP contribution in [0.2, 0.25) is 0 Å². The summed E-state index contributed by atoms with van der Waals surface area (Å²) in [5, 5.41) is 4.32. The van der Waals surface area contributed by atoms with Crippen molar-refractivity contribution in [2.75, 3.05) is 35.2 Å². The molecular formula is C26H29N9O. The van der Waals surface area contributed by atoms with E-state index in [1.807, 2.05) is 10.7 Å². The Bertz CT molecular complexity index is 1480. The van der Waals surface area contributed by atoms with Crippen molar-refractivity contribution in [2.24, 2.45) is 11.1 Å². The zero-order chi connectivity index (χ0) is 24.4. The van der Waals surface area contributed by atoms with Crippen LogP contribution in [0.5, 0.6) is 0 Å². The van der Waals surface area contributed by atoms with Crippen molar-refractivity contribution in [3.05, 3.63) is 65.7 Å². The Hall–Kier alpha value is -3.92. The fraction of sp³-hybridized carbons (Fsp3) is 0.385. The highest BCUT2D eigenvalue weighted by Crippen LogP contribution is 2.51. The first kappa shape index (κ1) is 21.4. The van der Waals surface area contributed by atoms with Gasteiger partial charge in [0.2, 0.25) is 0 Å². The molecule has 1 aromatic carbocycles. The van der Waals surface area contributed by atoms with Gasteiger partial charge in [0.25, 0.3) is 5.91 Å². The van der Waals surface area contributed by atoms with Crippen molar-refractivity contribution in [1.82, 2.24) is 24.1 Å². The Morgan fingerprint density at radius 1 is 1.06 bits per heavy atom. The predicted octanol–water partition coefficient (Wildman–Crippen LogP) is 2.40. The zero-order valence-electron chi connectivity index (χ0n) is 20.0. The number of benzene rings is 1. The third-order valence-electron chi connectivity index (χ3n) is 8.37. The number of aromatic nitrogens is 5. The summed E-state index contributed by atoms with van der Waals surface area (Å²) in [4.78, 5) is 27.0. The maximum atomic E-state index is 13.7. The van der Waals surface area contributed by atoms with E-state index in [4.69, 9.17) is 16.5 Å². The fourth-order valence-corrected chi connectivity index (χ4v) is 6.44. The number of amides is 1. The molecule has 184 valence electrons. The molecule has 1 saturated heterocycles. The number of imidazole rings is 1. The van der Waals surface area contributed by atoms with E-state index in [0.717, 1.165) is 57.0 Å². The highest BCUT2D eigenvalue weighted by Gasteiger charge is 2.46. The first-order valence-corrected chi connectivity index (χ1v) is 12.6. The minimum absolute atomic E-state index is 0.0540. The lowest BCUT2D eigenvalue weighted by Gasteiger charge is -2.42. The van der Waals surface area contributed by atoms with E-state index in [-0.39, 0.29) is 23.2 Å². The van der Waals surface area contributed by atoms with Crippen LogP contribution in [0.1, 0.15) is 46.9 Å². The molecule has 1 spiro atoms. The van der Waals surface area contributed by atoms with Gasteiger partial charge in [-0.2, -0.15) is 5.10 Å². The number of carbonyl (C=O) groups is 1. The summed E-state index contributed by atoms with van der Waals surface area (Å²) in [6.45, 7) is 3.04. The smallest absolute Gasteiger partial charge is 0.280 e. The van der Waals surface area contributed by atoms with E-state index >= 15 is 0 Å². The van der Waals surface area contributed by atoms with Crippen molar-refractivity contribution in [3.63, 3.8) is 0 Å². The highest BCUT2D eigenvalue weighted by atomic mass is 16.2. The summed E-state index contributed by atoms with van der Waals surface area (Å²) in [6, 6.07) is 10.5. The Morgan fingerprint density at radius 3 is 2.72 bits per heavy atom. The van der Waals surface area contributed by atoms with Crippen LogP contribution in [0.25, 0.3) is 5.65 Å². The normalized spacial score (nSPS) is 20.6. The Balaban J connectivity index is 1.19. The molecule has 1 fully saturated rings. The predicted molar refractivity (Wildman–Crippen MR) is 137 cm³/mol. The molecule has 4 N–H and O–H groups in total. The molecule has 0 bridgehead atoms. The zero-order valence-corrected chi connectivity index (χ0v) is 20.0. The van der Waals surface area contributed by atoms with Crippen LogP contribution in [0, 0.1) is 5.41 Å². The van der Waals surface area contributed by atoms with Gasteiger partial charge < -0.3 is 16.4 Å². The van der Waals surface area contributed by atoms with Crippen LogP contribution < -0.4 is 21.3 Å². The number of aryl methyl sites for hydroxylation is 1. The van der Waals surface area contributed by atoms with Gasteiger partial charge in [-0.1, -0.05) is 24.3 Å². The summed E-state index contributed by atoms with van der Waals surface area (Å²) >= 11 is 0. The summed E-state index contributed by atoms with van der Waals surface area (Å²) in [5.74, 6) is 1.51. The second-order valence-corrected chi connectivity index (χ2v) is 10.2. The highest BCUT2D eigenvalue weighted by molar-refractivity contribution is 6.08. The summed E-state index contributed by atoms with van der Waals surface area (Å²) < 4.78 is 3.64. The van der Waals surface area contributed by atoms with Crippen molar-refractivity contribution >= 4 is 29.0 Å². The first-order valence-electron chi connectivity index (χ1n) is 12.6. The van der Waals surface area contributed by atoms with Gasteiger partial charge in [-0.05, 0) is 42.2 Å². The molecule has 10 heteroatoms. The van der Waals surface area contributed by atoms with Crippen molar-refractivity contribution in [1.29, 1.82) is 0 Å². The number of fused-ring (bicyclic) bond motifs is 3. The minimum Gasteiger partial charge on any atom is -0.382 e. The van der Waals surface area contributed by atoms with Crippen molar-refractivity contribution in [3.8, 4) is 0 Å². The van der Waals surface area contributed by atoms with E-state index in [0.29, 0.717) is 17.9 Å². The van der Waals surface area contributed by atoms with Crippen LogP contribution in [0.4, 0.5) is 17.5 Å². The number of nitrogen functional groups attached to an aromatic ring is 1. The molecule has 2 aliphatic heterocycles. The third kappa shape index (κ3) is 3.00. The van der Waals surface area contributed by atoms with E-state index in [1.165, 1.54) is 11.1 Å². The van der Waals surface area contributed by atoms with Gasteiger partial charge in [-0.25, -0.2) is 14.6 Å². The quantitative estimate of drug-likeness (QED) is 0.449. The van der Waals surface area contributed by atoms with Gasteiger partial charge >= 0.3 is 0 Å². The molecule has 4 aromatic rings. The maximum Gasteiger partial charge on any atom is 0.280 e. The molecule has 3 aliphatic rings. The minimum atomic E-state index is -0.191. The van der Waals surface area contributed by atoms with Crippen LogP contribution in [-0.4, -0.2) is 49.7 Å². The molecular weight excluding hydrogens is 454 g/mol. The average molecular weight is 484 g/mol. The topological polar surface area (TPSA) is 124 Å². The molecule has 36 heavy (non-hydrogen) atoms. The summed E-state index contributed by atoms with van der Waals surface area (Å²) in [7, 11) is 0. The van der Waals surface area contributed by atoms with Gasteiger partial charge in [-0.3, -0.25) is 14.1 Å². The molecule has 1 aliphatic carbocycles. The molecule has 10 nitrogen and oxygen atoms in total. The lowest BCUT2D eigenvalue weighted by molar-refractivity contribution is 0.0976. The van der Waals surface area contributed by atoms with Crippen LogP contribution in [-0.2, 0) is 13.0 Å². The van der Waals surface area contributed by atoms with Gasteiger partial charge in [0.1, 0.15) is 5.82 Å². The fourth-order valence-electron chi connectivity index (χ4n) is 6.44. The number of nitrogens with zero attached hydrogens (tertiary/aromatic N) is 7. The number of nitrogens with two attached hydrogens (primary N) is 2. The standard InChI is InChI=1S/C26H29N9O/c27-21-18-5-2-1-4-17(18)16-26(21)7-13-32(14-8-26)24-23-29-10-15-34(23)20(22(28)31-24)25(36)33-11-3-12-35-19(33)6-9-30-35/h1-2,4-6,9-10,15,21H,3,7-8,11-14,16,27-28H2. The third-order valence-corrected chi connectivity index (χ3v) is 8.37. The Labute approximate surface area is 208 Å². The van der Waals surface area contributed by atoms with Gasteiger partial charge in [-0.15, -0.1) is 0 Å². The van der Waals surface area contributed by atoms with E-state index < -0.39 is 0 Å². The SMILES string of the molecule is Nc1nc(N2CCC3(CC2)Cc2ccccc2C3N)c2nccn2c1C(=O)N1CCCn2nccc21. The van der Waals surface area contributed by atoms with Crippen molar-refractivity contribution in [2.45, 2.75) is 38.3 Å². The molecule has 7 rings (SSSR count). The van der Waals surface area contributed by atoms with Crippen LogP contribution in [0.15, 0.2) is 48.9 Å². The Kier molecular flexibility index (Phi) is 4.62. The summed E-state index contributed by atoms with van der Waals surface area (Å²) in [5.41, 5.74) is 17.0. The lowest BCUT2D eigenvalue weighted by atomic mass is 9.73. The van der Waals surface area contributed by atoms with Gasteiger partial charge in [0, 0.05) is 50.7 Å². The van der Waals surface area contributed by atoms with E-state index in [9.17, 15) is 4.79 Å². The number of hydrogen-bond donors (Lipinski definition) is 2. The van der Waals surface area contributed by atoms with Gasteiger partial charge in [0.05, 0.1) is 6.20 Å². The first-order chi connectivity index (χ1) is 17.6. The van der Waals surface area contributed by atoms with Crippen molar-refractivity contribution < 1.29 is 4.79 Å². The maximum absolute atomic E-state index is 13.7. The van der Waals surface area contributed by atoms with Crippen LogP contribution in [0.3, 0.4) is 0 Å². The largest absolute Gasteiger partial charge is 0.382 e. The molecule has 5 heterocycles. The molecule has 1 amide bonds. The van der Waals surface area contributed by atoms with E-state index in [2.05, 4.69) is 39.2 Å². The molecule has 1 unspecified atom stereocenters. The summed E-state index contributed by atoms with van der Waals surface area (Å²) in [6.07, 6.45) is 9.00. The molecule has 3 aromatic heterocycles. The number of anilines is 3. The second kappa shape index (κ2) is 7.79. The number of carbonyl (C=O) groups excluding carboxylic acids is 1. The van der Waals surface area contributed by atoms with Crippen LogP contribution >= 0.6 is 0 Å². The monoisotopic (exact) mass is 483 g/mol. The lowest BCUT2D eigenvalue weighted by Crippen LogP contribution is -2.45. The number of hydrogen-bond acceptors (Lipinski definition) is 7. The Morgan fingerprint density at radius 2 is 1.89 bits per heavy atom. The molecule has 0 saturated carbocycles. The molecule has 0 radical (unpaired) electrons. The number of piperidine rings is 1. The average Bonchev–Trinajstić information content (AvgIpc) is 3.63.